The molecule has 0 unspecified atom stereocenters. The quantitative estimate of drug-likeness (QED) is 0.849. The Kier molecular flexibility index (Phi) is 5.01. The molecule has 0 saturated carbocycles. The molecule has 20 heavy (non-hydrogen) atoms. The molecule has 0 radical (unpaired) electrons. The van der Waals surface area contributed by atoms with Gasteiger partial charge in [0.2, 0.25) is 10.0 Å². The van der Waals surface area contributed by atoms with Gasteiger partial charge in [0, 0.05) is 12.6 Å². The van der Waals surface area contributed by atoms with E-state index in [0.717, 1.165) is 19.2 Å². The second-order valence-corrected chi connectivity index (χ2v) is 6.77. The van der Waals surface area contributed by atoms with Crippen LogP contribution in [-0.4, -0.2) is 37.5 Å². The van der Waals surface area contributed by atoms with Crippen molar-refractivity contribution in [1.82, 2.24) is 4.31 Å². The molecule has 0 heterocycles. The minimum atomic E-state index is -4.63. The first-order chi connectivity index (χ1) is 8.95. The van der Waals surface area contributed by atoms with Crippen LogP contribution in [0.5, 0.6) is 0 Å². The molecule has 10 heteroatoms. The Morgan fingerprint density at radius 2 is 2.00 bits per heavy atom. The van der Waals surface area contributed by atoms with E-state index in [2.05, 4.69) is 0 Å². The fourth-order valence-electron chi connectivity index (χ4n) is 1.37. The zero-order chi connectivity index (χ0) is 15.7. The topological polar surface area (TPSA) is 63.4 Å². The van der Waals surface area contributed by atoms with Crippen molar-refractivity contribution in [3.05, 3.63) is 28.8 Å². The molecule has 1 aromatic carbocycles. The first kappa shape index (κ1) is 17.2. The number of nitrogens with zero attached hydrogens (tertiary/aromatic N) is 1. The molecule has 0 spiro atoms. The SMILES string of the molecule is CN(CC(F)(F)F)S(=O)(=O)c1ccc(C(N)=S)c(Cl)c1. The van der Waals surface area contributed by atoms with Gasteiger partial charge in [-0.05, 0) is 18.2 Å². The number of sulfonamides is 1. The lowest BCUT2D eigenvalue weighted by atomic mass is 10.2. The fraction of sp³-hybridized carbons (Fsp3) is 0.300. The third-order valence-electron chi connectivity index (χ3n) is 2.32. The largest absolute Gasteiger partial charge is 0.402 e. The fourth-order valence-corrected chi connectivity index (χ4v) is 3.14. The predicted octanol–water partition coefficient (Wildman–Crippen LogP) is 2.16. The van der Waals surface area contributed by atoms with Crippen molar-refractivity contribution in [3.63, 3.8) is 0 Å². The Labute approximate surface area is 124 Å². The maximum atomic E-state index is 12.2. The molecule has 0 aliphatic heterocycles. The summed E-state index contributed by atoms with van der Waals surface area (Å²) >= 11 is 10.5. The molecule has 4 nitrogen and oxygen atoms in total. The number of halogens is 4. The highest BCUT2D eigenvalue weighted by atomic mass is 35.5. The van der Waals surface area contributed by atoms with Crippen LogP contribution in [0.4, 0.5) is 13.2 Å². The number of hydrogen-bond donors (Lipinski definition) is 1. The summed E-state index contributed by atoms with van der Waals surface area (Å²) in [5, 5.41) is -0.0426. The van der Waals surface area contributed by atoms with Crippen LogP contribution >= 0.6 is 23.8 Å². The second-order valence-electron chi connectivity index (χ2n) is 3.88. The molecule has 1 aromatic rings. The second kappa shape index (κ2) is 5.84. The maximum absolute atomic E-state index is 12.2. The third kappa shape index (κ3) is 4.05. The smallest absolute Gasteiger partial charge is 0.389 e. The molecule has 0 fully saturated rings. The van der Waals surface area contributed by atoms with Crippen molar-refractivity contribution < 1.29 is 21.6 Å². The van der Waals surface area contributed by atoms with E-state index >= 15 is 0 Å². The Morgan fingerprint density at radius 3 is 2.40 bits per heavy atom. The molecule has 0 aromatic heterocycles. The van der Waals surface area contributed by atoms with Crippen LogP contribution in [0.25, 0.3) is 0 Å². The zero-order valence-electron chi connectivity index (χ0n) is 10.1. The highest BCUT2D eigenvalue weighted by Gasteiger charge is 2.34. The predicted molar refractivity (Wildman–Crippen MR) is 73.2 cm³/mol. The van der Waals surface area contributed by atoms with Gasteiger partial charge in [0.15, 0.2) is 0 Å². The van der Waals surface area contributed by atoms with Gasteiger partial charge in [-0.15, -0.1) is 0 Å². The normalized spacial score (nSPS) is 12.7. The van der Waals surface area contributed by atoms with E-state index in [1.807, 2.05) is 0 Å². The van der Waals surface area contributed by atoms with Gasteiger partial charge in [-0.2, -0.15) is 17.5 Å². The molecular weight excluding hydrogens is 337 g/mol. The molecule has 0 atom stereocenters. The Hall–Kier alpha value is -0.900. The Balaban J connectivity index is 3.17. The summed E-state index contributed by atoms with van der Waals surface area (Å²) in [7, 11) is -3.46. The van der Waals surface area contributed by atoms with Gasteiger partial charge in [-0.25, -0.2) is 8.42 Å². The number of hydrogen-bond acceptors (Lipinski definition) is 3. The Morgan fingerprint density at radius 1 is 1.45 bits per heavy atom. The van der Waals surface area contributed by atoms with Crippen molar-refractivity contribution in [2.45, 2.75) is 11.1 Å². The monoisotopic (exact) mass is 346 g/mol. The van der Waals surface area contributed by atoms with Crippen molar-refractivity contribution in [2.24, 2.45) is 5.73 Å². The molecule has 0 amide bonds. The number of thiocarbonyl (C=S) groups is 1. The molecule has 0 aliphatic rings. The maximum Gasteiger partial charge on any atom is 0.402 e. The number of rotatable bonds is 4. The summed E-state index contributed by atoms with van der Waals surface area (Å²) in [6.07, 6.45) is -4.63. The van der Waals surface area contributed by atoms with Crippen LogP contribution in [0.1, 0.15) is 5.56 Å². The average molecular weight is 347 g/mol. The molecule has 0 aliphatic carbocycles. The van der Waals surface area contributed by atoms with Gasteiger partial charge in [-0.3, -0.25) is 0 Å². The van der Waals surface area contributed by atoms with Crippen LogP contribution in [0.15, 0.2) is 23.1 Å². The summed E-state index contributed by atoms with van der Waals surface area (Å²) in [6, 6.07) is 3.36. The highest BCUT2D eigenvalue weighted by molar-refractivity contribution is 7.89. The highest BCUT2D eigenvalue weighted by Crippen LogP contribution is 2.25. The molecule has 2 N–H and O–H groups in total. The molecule has 1 rings (SSSR count). The molecule has 0 bridgehead atoms. The summed E-state index contributed by atoms with van der Waals surface area (Å²) in [5.41, 5.74) is 5.60. The van der Waals surface area contributed by atoms with Crippen LogP contribution in [0, 0.1) is 0 Å². The first-order valence-corrected chi connectivity index (χ1v) is 7.30. The minimum absolute atomic E-state index is 0.0393. The minimum Gasteiger partial charge on any atom is -0.389 e. The first-order valence-electron chi connectivity index (χ1n) is 5.07. The van der Waals surface area contributed by atoms with Crippen molar-refractivity contribution in [1.29, 1.82) is 0 Å². The summed E-state index contributed by atoms with van der Waals surface area (Å²) < 4.78 is 60.8. The van der Waals surface area contributed by atoms with Gasteiger partial charge in [0.1, 0.15) is 11.5 Å². The standard InChI is InChI=1S/C10H10ClF3N2O2S2/c1-16(5-10(12,13)14)20(17,18)6-2-3-7(9(15)19)8(11)4-6/h2-4H,5H2,1H3,(H2,15,19). The van der Waals surface area contributed by atoms with Crippen LogP contribution in [0.2, 0.25) is 5.02 Å². The van der Waals surface area contributed by atoms with E-state index in [4.69, 9.17) is 29.6 Å². The van der Waals surface area contributed by atoms with Gasteiger partial charge >= 0.3 is 6.18 Å². The van der Waals surface area contributed by atoms with Crippen molar-refractivity contribution >= 4 is 38.8 Å². The number of benzene rings is 1. The number of nitrogens with two attached hydrogens (primary N) is 1. The van der Waals surface area contributed by atoms with E-state index in [1.54, 1.807) is 0 Å². The van der Waals surface area contributed by atoms with Gasteiger partial charge < -0.3 is 5.73 Å². The van der Waals surface area contributed by atoms with Crippen LogP contribution in [-0.2, 0) is 10.0 Å². The van der Waals surface area contributed by atoms with E-state index in [0.29, 0.717) is 0 Å². The lowest BCUT2D eigenvalue weighted by Crippen LogP contribution is -2.35. The molecule has 0 saturated heterocycles. The lowest BCUT2D eigenvalue weighted by molar-refractivity contribution is -0.134. The van der Waals surface area contributed by atoms with E-state index in [-0.39, 0.29) is 24.8 Å². The third-order valence-corrected chi connectivity index (χ3v) is 4.65. The van der Waals surface area contributed by atoms with Gasteiger partial charge in [0.25, 0.3) is 0 Å². The lowest BCUT2D eigenvalue weighted by Gasteiger charge is -2.19. The van der Waals surface area contributed by atoms with E-state index in [1.165, 1.54) is 6.07 Å². The van der Waals surface area contributed by atoms with Gasteiger partial charge in [0.05, 0.1) is 9.92 Å². The van der Waals surface area contributed by atoms with Crippen LogP contribution < -0.4 is 5.73 Å². The van der Waals surface area contributed by atoms with E-state index < -0.39 is 22.7 Å². The molecular formula is C10H10ClF3N2O2S2. The van der Waals surface area contributed by atoms with Gasteiger partial charge in [-0.1, -0.05) is 23.8 Å². The van der Waals surface area contributed by atoms with Crippen LogP contribution in [0.3, 0.4) is 0 Å². The van der Waals surface area contributed by atoms with E-state index in [9.17, 15) is 21.6 Å². The van der Waals surface area contributed by atoms with Crippen molar-refractivity contribution in [3.8, 4) is 0 Å². The average Bonchev–Trinajstić information content (AvgIpc) is 2.25. The zero-order valence-corrected chi connectivity index (χ0v) is 12.5. The molecule has 112 valence electrons. The summed E-state index contributed by atoms with van der Waals surface area (Å²) in [6.45, 7) is -1.59. The summed E-state index contributed by atoms with van der Waals surface area (Å²) in [5.74, 6) is 0. The Bertz CT molecular complexity index is 632. The van der Waals surface area contributed by atoms with Crippen molar-refractivity contribution in [2.75, 3.05) is 13.6 Å². The number of alkyl halides is 3. The summed E-state index contributed by atoms with van der Waals surface area (Å²) in [4.78, 5) is -0.406.